The van der Waals surface area contributed by atoms with Gasteiger partial charge in [-0.3, -0.25) is 0 Å². The lowest BCUT2D eigenvalue weighted by Gasteiger charge is -2.30. The third kappa shape index (κ3) is 4.01. The first-order valence-corrected chi connectivity index (χ1v) is 10.4. The average Bonchev–Trinajstić information content (AvgIpc) is 3.10. The summed E-state index contributed by atoms with van der Waals surface area (Å²) in [5.41, 5.74) is -1.36. The fraction of sp³-hybridized carbons (Fsp3) is 0.529. The van der Waals surface area contributed by atoms with Crippen molar-refractivity contribution in [3.05, 3.63) is 46.9 Å². The van der Waals surface area contributed by atoms with Gasteiger partial charge in [0.2, 0.25) is 5.89 Å². The first-order chi connectivity index (χ1) is 13.5. The Kier molecular flexibility index (Phi) is 4.70. The van der Waals surface area contributed by atoms with E-state index in [0.717, 1.165) is 18.6 Å². The number of aromatic nitrogens is 2. The summed E-state index contributed by atoms with van der Waals surface area (Å²) < 4.78 is 81.9. The van der Waals surface area contributed by atoms with Crippen molar-refractivity contribution in [2.24, 2.45) is 10.6 Å². The van der Waals surface area contributed by atoms with E-state index in [0.29, 0.717) is 37.8 Å². The Balaban J connectivity index is 1.46. The van der Waals surface area contributed by atoms with Crippen LogP contribution < -0.4 is 5.14 Å². The Morgan fingerprint density at radius 3 is 2.59 bits per heavy atom. The molecule has 0 amide bonds. The summed E-state index contributed by atoms with van der Waals surface area (Å²) >= 11 is 0. The molecule has 1 aliphatic carbocycles. The number of nitrogens with zero attached hydrogens (tertiary/aromatic N) is 3. The topological polar surface area (TPSA) is 102 Å². The van der Waals surface area contributed by atoms with E-state index in [-0.39, 0.29) is 29.2 Å². The smallest absolute Gasteiger partial charge is 0.339 e. The minimum absolute atomic E-state index is 0.0149. The number of hydrogen-bond donors (Lipinski definition) is 1. The van der Waals surface area contributed by atoms with E-state index in [1.165, 1.54) is 4.31 Å². The summed E-state index contributed by atoms with van der Waals surface area (Å²) in [5.74, 6) is -0.586. The molecule has 1 aromatic carbocycles. The molecule has 4 rings (SSSR count). The molecule has 1 spiro atoms. The Labute approximate surface area is 164 Å². The number of alkyl halides is 3. The van der Waals surface area contributed by atoms with Gasteiger partial charge in [-0.15, -0.1) is 0 Å². The van der Waals surface area contributed by atoms with Gasteiger partial charge >= 0.3 is 6.18 Å². The lowest BCUT2D eigenvalue weighted by atomic mass is 9.92. The largest absolute Gasteiger partial charge is 0.416 e. The molecule has 2 heterocycles. The van der Waals surface area contributed by atoms with Gasteiger partial charge in [0.05, 0.1) is 12.0 Å². The van der Waals surface area contributed by atoms with E-state index in [4.69, 9.17) is 9.66 Å². The highest BCUT2D eigenvalue weighted by atomic mass is 32.2. The average molecular weight is 434 g/mol. The van der Waals surface area contributed by atoms with Gasteiger partial charge in [-0.1, -0.05) is 11.2 Å². The number of benzene rings is 1. The third-order valence-corrected chi connectivity index (χ3v) is 6.87. The van der Waals surface area contributed by atoms with Crippen molar-refractivity contribution in [3.63, 3.8) is 0 Å². The highest BCUT2D eigenvalue weighted by molar-refractivity contribution is 7.86. The molecule has 1 aliphatic heterocycles. The molecule has 158 valence electrons. The normalized spacial score (nSPS) is 22.2. The predicted octanol–water partition coefficient (Wildman–Crippen LogP) is 2.59. The number of halogens is 4. The van der Waals surface area contributed by atoms with Gasteiger partial charge in [-0.25, -0.2) is 9.53 Å². The Hall–Kier alpha value is -2.05. The fourth-order valence-corrected chi connectivity index (χ4v) is 4.75. The van der Waals surface area contributed by atoms with Crippen LogP contribution in [0.3, 0.4) is 0 Å². The quantitative estimate of drug-likeness (QED) is 0.746. The second-order valence-electron chi connectivity index (χ2n) is 7.59. The van der Waals surface area contributed by atoms with Crippen LogP contribution in [-0.4, -0.2) is 36.0 Å². The number of piperidine rings is 1. The van der Waals surface area contributed by atoms with Crippen molar-refractivity contribution in [3.8, 4) is 0 Å². The van der Waals surface area contributed by atoms with Gasteiger partial charge in [0, 0.05) is 19.0 Å². The zero-order valence-electron chi connectivity index (χ0n) is 15.1. The molecule has 2 N–H and O–H groups in total. The molecule has 0 radical (unpaired) electrons. The van der Waals surface area contributed by atoms with Crippen molar-refractivity contribution >= 4 is 10.2 Å². The van der Waals surface area contributed by atoms with Gasteiger partial charge in [-0.2, -0.15) is 30.9 Å². The van der Waals surface area contributed by atoms with E-state index >= 15 is 0 Å². The second-order valence-corrected chi connectivity index (χ2v) is 9.13. The summed E-state index contributed by atoms with van der Waals surface area (Å²) in [4.78, 5) is 4.24. The molecule has 2 aromatic rings. The van der Waals surface area contributed by atoms with Crippen LogP contribution in [-0.2, 0) is 22.8 Å². The number of nitrogens with two attached hydrogens (primary N) is 1. The maximum atomic E-state index is 13.2. The molecule has 0 bridgehead atoms. The molecule has 12 heteroatoms. The molecule has 7 nitrogen and oxygen atoms in total. The standard InChI is InChI=1S/C17H18F4N4O3S/c18-11-2-1-10(12(8-11)17(19,20)21)7-14-23-15(24-28-14)13-9-16(13)3-5-25(6-4-16)29(22,26)27/h1-2,8,13H,3-7,9H2,(H2,22,26,27)/t13-/m0/s1. The molecule has 1 atom stereocenters. The first kappa shape index (κ1) is 20.2. The molecule has 1 saturated carbocycles. The molecule has 0 unspecified atom stereocenters. The third-order valence-electron chi connectivity index (χ3n) is 5.78. The van der Waals surface area contributed by atoms with Crippen LogP contribution >= 0.6 is 0 Å². The Bertz CT molecular complexity index is 1030. The lowest BCUT2D eigenvalue weighted by molar-refractivity contribution is -0.138. The van der Waals surface area contributed by atoms with E-state index < -0.39 is 27.8 Å². The highest BCUT2D eigenvalue weighted by Crippen LogP contribution is 2.64. The first-order valence-electron chi connectivity index (χ1n) is 8.94. The van der Waals surface area contributed by atoms with Crippen molar-refractivity contribution in [2.45, 2.75) is 37.8 Å². The fourth-order valence-electron chi connectivity index (χ4n) is 4.06. The minimum Gasteiger partial charge on any atom is -0.339 e. The van der Waals surface area contributed by atoms with Crippen LogP contribution in [0.25, 0.3) is 0 Å². The second kappa shape index (κ2) is 6.74. The monoisotopic (exact) mass is 434 g/mol. The van der Waals surface area contributed by atoms with Crippen LogP contribution in [0.2, 0.25) is 0 Å². The van der Waals surface area contributed by atoms with Crippen LogP contribution in [0.4, 0.5) is 17.6 Å². The maximum absolute atomic E-state index is 13.2. The van der Waals surface area contributed by atoms with Gasteiger partial charge in [-0.05, 0) is 42.4 Å². The summed E-state index contributed by atoms with van der Waals surface area (Å²) in [6.07, 6.45) is -2.99. The minimum atomic E-state index is -4.70. The zero-order valence-corrected chi connectivity index (χ0v) is 15.9. The van der Waals surface area contributed by atoms with E-state index in [1.54, 1.807) is 0 Å². The van der Waals surface area contributed by atoms with E-state index in [2.05, 4.69) is 10.1 Å². The van der Waals surface area contributed by atoms with Crippen LogP contribution in [0, 0.1) is 11.2 Å². The summed E-state index contributed by atoms with van der Waals surface area (Å²) in [7, 11) is -3.72. The van der Waals surface area contributed by atoms with Gasteiger partial charge in [0.1, 0.15) is 5.82 Å². The van der Waals surface area contributed by atoms with Crippen LogP contribution in [0.1, 0.15) is 48.0 Å². The Morgan fingerprint density at radius 2 is 1.97 bits per heavy atom. The summed E-state index contributed by atoms with van der Waals surface area (Å²) in [6, 6.07) is 2.46. The van der Waals surface area contributed by atoms with E-state index in [9.17, 15) is 26.0 Å². The molecular formula is C17H18F4N4O3S. The number of rotatable bonds is 4. The Morgan fingerprint density at radius 1 is 1.28 bits per heavy atom. The number of hydrogen-bond acceptors (Lipinski definition) is 5. The van der Waals surface area contributed by atoms with Gasteiger partial charge in [0.15, 0.2) is 5.82 Å². The van der Waals surface area contributed by atoms with Gasteiger partial charge in [0.25, 0.3) is 10.2 Å². The maximum Gasteiger partial charge on any atom is 0.416 e. The highest BCUT2D eigenvalue weighted by Gasteiger charge is 2.58. The van der Waals surface area contributed by atoms with Crippen molar-refractivity contribution in [1.82, 2.24) is 14.4 Å². The van der Waals surface area contributed by atoms with Gasteiger partial charge < -0.3 is 4.52 Å². The predicted molar refractivity (Wildman–Crippen MR) is 92.2 cm³/mol. The molecular weight excluding hydrogens is 416 g/mol. The molecule has 29 heavy (non-hydrogen) atoms. The molecule has 1 aromatic heterocycles. The zero-order chi connectivity index (χ0) is 21.0. The van der Waals surface area contributed by atoms with Crippen molar-refractivity contribution in [1.29, 1.82) is 0 Å². The molecule has 2 fully saturated rings. The van der Waals surface area contributed by atoms with Crippen LogP contribution in [0.5, 0.6) is 0 Å². The summed E-state index contributed by atoms with van der Waals surface area (Å²) in [6.45, 7) is 0.620. The lowest BCUT2D eigenvalue weighted by Crippen LogP contribution is -2.43. The van der Waals surface area contributed by atoms with Crippen LogP contribution in [0.15, 0.2) is 22.7 Å². The summed E-state index contributed by atoms with van der Waals surface area (Å²) in [5, 5.41) is 9.05. The van der Waals surface area contributed by atoms with E-state index in [1.807, 2.05) is 0 Å². The van der Waals surface area contributed by atoms with Crippen molar-refractivity contribution < 1.29 is 30.5 Å². The molecule has 1 saturated heterocycles. The molecule has 2 aliphatic rings. The SMILES string of the molecule is NS(=O)(=O)N1CCC2(CC1)C[C@H]2c1noc(Cc2ccc(F)cc2C(F)(F)F)n1. The van der Waals surface area contributed by atoms with Crippen molar-refractivity contribution in [2.75, 3.05) is 13.1 Å².